The highest BCUT2D eigenvalue weighted by atomic mass is 32.1. The van der Waals surface area contributed by atoms with Crippen molar-refractivity contribution >= 4 is 37.7 Å². The van der Waals surface area contributed by atoms with Crippen LogP contribution in [0.5, 0.6) is 0 Å². The summed E-state index contributed by atoms with van der Waals surface area (Å²) in [6.45, 7) is 0. The van der Waals surface area contributed by atoms with E-state index in [1.54, 1.807) is 0 Å². The number of nitrogens with zero attached hydrogens (tertiary/aromatic N) is 2. The van der Waals surface area contributed by atoms with Crippen molar-refractivity contribution in [3.63, 3.8) is 0 Å². The predicted octanol–water partition coefficient (Wildman–Crippen LogP) is 5.11. The number of benzene rings is 2. The van der Waals surface area contributed by atoms with E-state index in [1.807, 2.05) is 61.0 Å². The first kappa shape index (κ1) is 17.3. The van der Waals surface area contributed by atoms with Crippen molar-refractivity contribution in [2.75, 3.05) is 0 Å². The second-order valence-corrected chi connectivity index (χ2v) is 7.06. The molecule has 0 saturated heterocycles. The van der Waals surface area contributed by atoms with Gasteiger partial charge in [-0.15, -0.1) is 25.3 Å². The monoisotopic (exact) mass is 354 g/mol. The summed E-state index contributed by atoms with van der Waals surface area (Å²) in [4.78, 5) is 11.6. The van der Waals surface area contributed by atoms with Gasteiger partial charge >= 0.3 is 0 Å². The number of hydrogen-bond acceptors (Lipinski definition) is 4. The molecule has 2 atom stereocenters. The molecule has 0 spiro atoms. The van der Waals surface area contributed by atoms with Crippen LogP contribution < -0.4 is 0 Å². The highest BCUT2D eigenvalue weighted by Crippen LogP contribution is 2.24. The van der Waals surface area contributed by atoms with Gasteiger partial charge < -0.3 is 0 Å². The van der Waals surface area contributed by atoms with Crippen molar-refractivity contribution in [2.45, 2.75) is 47.6 Å². The maximum atomic E-state index is 4.82. The third-order valence-electron chi connectivity index (χ3n) is 4.38. The number of aliphatic imine (C=N–C) groups is 2. The molecule has 2 aromatic rings. The molecule has 1 fully saturated rings. The van der Waals surface area contributed by atoms with E-state index in [0.717, 1.165) is 33.8 Å². The van der Waals surface area contributed by atoms with E-state index >= 15 is 0 Å². The first-order valence-corrected chi connectivity index (χ1v) is 9.26. The van der Waals surface area contributed by atoms with Gasteiger partial charge in [0, 0.05) is 33.3 Å². The third kappa shape index (κ3) is 4.52. The molecule has 2 aromatic carbocycles. The molecule has 3 rings (SSSR count). The molecule has 0 aromatic heterocycles. The molecule has 1 aliphatic rings. The standard InChI is InChI=1S/C20H22N2S2/c23-19-11-5-1-7-15(19)13-21-17-9-3-4-10-18(17)22-14-16-8-2-6-12-20(16)24/h1-2,5-8,11-14,17-18,23-24H,3-4,9-10H2. The zero-order valence-electron chi connectivity index (χ0n) is 13.5. The maximum Gasteiger partial charge on any atom is 0.0723 e. The van der Waals surface area contributed by atoms with E-state index < -0.39 is 0 Å². The maximum absolute atomic E-state index is 4.82. The first-order valence-electron chi connectivity index (χ1n) is 8.36. The van der Waals surface area contributed by atoms with Crippen LogP contribution >= 0.6 is 25.3 Å². The minimum absolute atomic E-state index is 0.245. The molecule has 0 heterocycles. The fourth-order valence-electron chi connectivity index (χ4n) is 2.98. The Bertz CT molecular complexity index is 676. The van der Waals surface area contributed by atoms with Crippen molar-refractivity contribution in [1.82, 2.24) is 0 Å². The van der Waals surface area contributed by atoms with E-state index in [-0.39, 0.29) is 12.1 Å². The normalized spacial score (nSPS) is 21.6. The minimum atomic E-state index is 0.245. The van der Waals surface area contributed by atoms with Gasteiger partial charge in [-0.05, 0) is 25.0 Å². The number of rotatable bonds is 4. The predicted molar refractivity (Wildman–Crippen MR) is 109 cm³/mol. The van der Waals surface area contributed by atoms with Gasteiger partial charge in [-0.3, -0.25) is 9.98 Å². The molecule has 24 heavy (non-hydrogen) atoms. The second kappa shape index (κ2) is 8.54. The summed E-state index contributed by atoms with van der Waals surface area (Å²) >= 11 is 8.98. The fraction of sp³-hybridized carbons (Fsp3) is 0.300. The molecular formula is C20H22N2S2. The Morgan fingerprint density at radius 3 is 1.54 bits per heavy atom. The summed E-state index contributed by atoms with van der Waals surface area (Å²) in [6.07, 6.45) is 8.53. The molecule has 0 N–H and O–H groups in total. The summed E-state index contributed by atoms with van der Waals surface area (Å²) in [5.74, 6) is 0. The van der Waals surface area contributed by atoms with E-state index in [1.165, 1.54) is 12.8 Å². The van der Waals surface area contributed by atoms with Gasteiger partial charge in [-0.1, -0.05) is 49.2 Å². The number of thiol groups is 2. The lowest BCUT2D eigenvalue weighted by molar-refractivity contribution is 0.390. The van der Waals surface area contributed by atoms with Gasteiger partial charge in [0.05, 0.1) is 12.1 Å². The SMILES string of the molecule is Sc1ccccc1C=NC1CCCCC1N=Cc1ccccc1S. The summed E-state index contributed by atoms with van der Waals surface area (Å²) in [6, 6.07) is 16.6. The lowest BCUT2D eigenvalue weighted by Crippen LogP contribution is -2.27. The van der Waals surface area contributed by atoms with Crippen LogP contribution in [0.2, 0.25) is 0 Å². The van der Waals surface area contributed by atoms with Crippen LogP contribution in [-0.2, 0) is 0 Å². The molecule has 2 nitrogen and oxygen atoms in total. The Kier molecular flexibility index (Phi) is 6.16. The largest absolute Gasteiger partial charge is 0.287 e. The molecule has 4 heteroatoms. The average Bonchev–Trinajstić information content (AvgIpc) is 2.61. The van der Waals surface area contributed by atoms with Crippen molar-refractivity contribution in [3.05, 3.63) is 59.7 Å². The minimum Gasteiger partial charge on any atom is -0.287 e. The summed E-state index contributed by atoms with van der Waals surface area (Å²) in [5.41, 5.74) is 2.13. The van der Waals surface area contributed by atoms with Crippen molar-refractivity contribution in [1.29, 1.82) is 0 Å². The smallest absolute Gasteiger partial charge is 0.0723 e. The summed E-state index contributed by atoms with van der Waals surface area (Å²) in [7, 11) is 0. The Labute approximate surface area is 155 Å². The molecular weight excluding hydrogens is 332 g/mol. The molecule has 1 saturated carbocycles. The van der Waals surface area contributed by atoms with Crippen LogP contribution in [0, 0.1) is 0 Å². The van der Waals surface area contributed by atoms with Crippen molar-refractivity contribution in [2.24, 2.45) is 9.98 Å². The lowest BCUT2D eigenvalue weighted by atomic mass is 9.91. The first-order chi connectivity index (χ1) is 11.7. The third-order valence-corrected chi connectivity index (χ3v) is 5.19. The molecule has 124 valence electrons. The van der Waals surface area contributed by atoms with Crippen molar-refractivity contribution in [3.8, 4) is 0 Å². The van der Waals surface area contributed by atoms with E-state index in [0.29, 0.717) is 0 Å². The molecule has 0 bridgehead atoms. The van der Waals surface area contributed by atoms with Gasteiger partial charge in [0.15, 0.2) is 0 Å². The molecule has 0 radical (unpaired) electrons. The van der Waals surface area contributed by atoms with Gasteiger partial charge in [0.25, 0.3) is 0 Å². The van der Waals surface area contributed by atoms with Crippen LogP contribution in [0.15, 0.2) is 68.3 Å². The van der Waals surface area contributed by atoms with Gasteiger partial charge in [0.1, 0.15) is 0 Å². The van der Waals surface area contributed by atoms with Crippen LogP contribution in [-0.4, -0.2) is 24.5 Å². The van der Waals surface area contributed by atoms with Crippen LogP contribution in [0.1, 0.15) is 36.8 Å². The van der Waals surface area contributed by atoms with E-state index in [2.05, 4.69) is 25.3 Å². The van der Waals surface area contributed by atoms with E-state index in [4.69, 9.17) is 9.98 Å². The Morgan fingerprint density at radius 2 is 1.12 bits per heavy atom. The van der Waals surface area contributed by atoms with Crippen LogP contribution in [0.25, 0.3) is 0 Å². The molecule has 0 amide bonds. The molecule has 0 aliphatic heterocycles. The Hall–Kier alpha value is -1.52. The average molecular weight is 355 g/mol. The van der Waals surface area contributed by atoms with Crippen LogP contribution in [0.3, 0.4) is 0 Å². The topological polar surface area (TPSA) is 24.7 Å². The summed E-state index contributed by atoms with van der Waals surface area (Å²) < 4.78 is 0. The Morgan fingerprint density at radius 1 is 0.708 bits per heavy atom. The van der Waals surface area contributed by atoms with Gasteiger partial charge in [0.2, 0.25) is 0 Å². The lowest BCUT2D eigenvalue weighted by Gasteiger charge is -2.25. The highest BCUT2D eigenvalue weighted by molar-refractivity contribution is 7.80. The fourth-order valence-corrected chi connectivity index (χ4v) is 3.42. The summed E-state index contributed by atoms with van der Waals surface area (Å²) in [5, 5.41) is 0. The van der Waals surface area contributed by atoms with Crippen molar-refractivity contribution < 1.29 is 0 Å². The van der Waals surface area contributed by atoms with Gasteiger partial charge in [-0.25, -0.2) is 0 Å². The number of hydrogen-bond donors (Lipinski definition) is 2. The quantitative estimate of drug-likeness (QED) is 0.563. The van der Waals surface area contributed by atoms with Crippen LogP contribution in [0.4, 0.5) is 0 Å². The highest BCUT2D eigenvalue weighted by Gasteiger charge is 2.23. The molecule has 1 aliphatic carbocycles. The molecule has 2 unspecified atom stereocenters. The second-order valence-electron chi connectivity index (χ2n) is 6.09. The Balaban J connectivity index is 1.74. The zero-order valence-corrected chi connectivity index (χ0v) is 15.3. The van der Waals surface area contributed by atoms with E-state index in [9.17, 15) is 0 Å². The zero-order chi connectivity index (χ0) is 16.8. The van der Waals surface area contributed by atoms with Gasteiger partial charge in [-0.2, -0.15) is 0 Å².